The first kappa shape index (κ1) is 11.5. The quantitative estimate of drug-likeness (QED) is 0.718. The largest absolute Gasteiger partial charge is 0.345 e. The van der Waals surface area contributed by atoms with Gasteiger partial charge >= 0.3 is 0 Å². The molecule has 3 aromatic rings. The Hall–Kier alpha value is -2.56. The Morgan fingerprint density at radius 1 is 1.16 bits per heavy atom. The minimum atomic E-state index is -0.872. The van der Waals surface area contributed by atoms with E-state index in [-0.39, 0.29) is 5.56 Å². The summed E-state index contributed by atoms with van der Waals surface area (Å²) in [6.07, 6.45) is 3.06. The van der Waals surface area contributed by atoms with Gasteiger partial charge in [-0.2, -0.15) is 0 Å². The van der Waals surface area contributed by atoms with Crippen LogP contribution in [0, 0.1) is 11.6 Å². The van der Waals surface area contributed by atoms with Crippen molar-refractivity contribution >= 4 is 16.8 Å². The van der Waals surface area contributed by atoms with Crippen LogP contribution in [0.1, 0.15) is 15.9 Å². The van der Waals surface area contributed by atoms with Gasteiger partial charge in [-0.05, 0) is 24.3 Å². The van der Waals surface area contributed by atoms with Gasteiger partial charge in [-0.3, -0.25) is 4.79 Å². The zero-order valence-electron chi connectivity index (χ0n) is 9.65. The van der Waals surface area contributed by atoms with E-state index in [0.717, 1.165) is 12.1 Å². The molecule has 1 aromatic carbocycles. The summed E-state index contributed by atoms with van der Waals surface area (Å²) < 4.78 is 26.4. The number of nitrogens with zero attached hydrogens (tertiary/aromatic N) is 1. The van der Waals surface area contributed by atoms with Crippen LogP contribution in [0.25, 0.3) is 11.0 Å². The van der Waals surface area contributed by atoms with E-state index in [1.54, 1.807) is 18.3 Å². The third-order valence-corrected chi connectivity index (χ3v) is 2.87. The van der Waals surface area contributed by atoms with Gasteiger partial charge in [0, 0.05) is 29.4 Å². The normalized spacial score (nSPS) is 10.8. The van der Waals surface area contributed by atoms with Crippen LogP contribution in [-0.4, -0.2) is 15.8 Å². The number of carbonyl (C=O) groups is 1. The van der Waals surface area contributed by atoms with Crippen LogP contribution < -0.4 is 0 Å². The van der Waals surface area contributed by atoms with Crippen molar-refractivity contribution in [2.75, 3.05) is 0 Å². The molecule has 3 rings (SSSR count). The van der Waals surface area contributed by atoms with Gasteiger partial charge in [0.15, 0.2) is 5.78 Å². The lowest BCUT2D eigenvalue weighted by Gasteiger charge is -2.01. The number of nitrogens with one attached hydrogen (secondary N) is 1. The molecule has 0 saturated heterocycles. The second kappa shape index (κ2) is 4.28. The van der Waals surface area contributed by atoms with Gasteiger partial charge in [0.25, 0.3) is 0 Å². The topological polar surface area (TPSA) is 45.8 Å². The summed E-state index contributed by atoms with van der Waals surface area (Å²) in [5.74, 6) is -2.09. The molecule has 0 aliphatic heterocycles. The highest BCUT2D eigenvalue weighted by Crippen LogP contribution is 2.21. The first-order valence-electron chi connectivity index (χ1n) is 5.58. The van der Waals surface area contributed by atoms with Crippen molar-refractivity contribution in [2.24, 2.45) is 0 Å². The summed E-state index contributed by atoms with van der Waals surface area (Å²) in [6, 6.07) is 6.30. The van der Waals surface area contributed by atoms with Crippen molar-refractivity contribution in [2.45, 2.75) is 0 Å². The molecule has 0 aliphatic rings. The Morgan fingerprint density at radius 3 is 2.79 bits per heavy atom. The third-order valence-electron chi connectivity index (χ3n) is 2.87. The average Bonchev–Trinajstić information content (AvgIpc) is 2.82. The van der Waals surface area contributed by atoms with E-state index in [9.17, 15) is 13.6 Å². The minimum absolute atomic E-state index is 0.161. The number of ketones is 1. The highest BCUT2D eigenvalue weighted by Gasteiger charge is 2.18. The molecule has 0 bridgehead atoms. The van der Waals surface area contributed by atoms with Gasteiger partial charge < -0.3 is 4.98 Å². The van der Waals surface area contributed by atoms with Crippen molar-refractivity contribution in [1.82, 2.24) is 9.97 Å². The molecule has 3 nitrogen and oxygen atoms in total. The van der Waals surface area contributed by atoms with Crippen molar-refractivity contribution in [3.63, 3.8) is 0 Å². The SMILES string of the molecule is O=C(c1ccc(F)cc1F)c1c[nH]c2ncccc12. The van der Waals surface area contributed by atoms with Crippen molar-refractivity contribution in [3.05, 3.63) is 65.5 Å². The predicted molar refractivity (Wildman–Crippen MR) is 65.9 cm³/mol. The maximum Gasteiger partial charge on any atom is 0.198 e. The van der Waals surface area contributed by atoms with Crippen LogP contribution in [0.2, 0.25) is 0 Å². The molecule has 0 saturated carbocycles. The highest BCUT2D eigenvalue weighted by atomic mass is 19.1. The predicted octanol–water partition coefficient (Wildman–Crippen LogP) is 3.07. The highest BCUT2D eigenvalue weighted by molar-refractivity contribution is 6.16. The number of aromatic nitrogens is 2. The van der Waals surface area contributed by atoms with E-state index in [2.05, 4.69) is 9.97 Å². The summed E-state index contributed by atoms with van der Waals surface area (Å²) in [7, 11) is 0. The molecule has 94 valence electrons. The first-order valence-corrected chi connectivity index (χ1v) is 5.58. The molecule has 2 aromatic heterocycles. The number of carbonyl (C=O) groups excluding carboxylic acids is 1. The Balaban J connectivity index is 2.13. The summed E-state index contributed by atoms with van der Waals surface area (Å²) in [5, 5.41) is 0.608. The van der Waals surface area contributed by atoms with E-state index in [0.29, 0.717) is 22.7 Å². The van der Waals surface area contributed by atoms with Gasteiger partial charge in [0.05, 0.1) is 5.56 Å². The van der Waals surface area contributed by atoms with E-state index in [1.165, 1.54) is 6.20 Å². The summed E-state index contributed by atoms with van der Waals surface area (Å²) in [6.45, 7) is 0. The van der Waals surface area contributed by atoms with Gasteiger partial charge in [0.2, 0.25) is 0 Å². The number of benzene rings is 1. The van der Waals surface area contributed by atoms with Crippen LogP contribution in [0.4, 0.5) is 8.78 Å². The lowest BCUT2D eigenvalue weighted by molar-refractivity contribution is 0.103. The van der Waals surface area contributed by atoms with Gasteiger partial charge in [0.1, 0.15) is 17.3 Å². The molecule has 19 heavy (non-hydrogen) atoms. The Bertz CT molecular complexity index is 780. The van der Waals surface area contributed by atoms with E-state index in [1.807, 2.05) is 0 Å². The average molecular weight is 258 g/mol. The number of hydrogen-bond acceptors (Lipinski definition) is 2. The first-order chi connectivity index (χ1) is 9.16. The zero-order chi connectivity index (χ0) is 13.4. The molecule has 2 heterocycles. The zero-order valence-corrected chi connectivity index (χ0v) is 9.65. The standard InChI is InChI=1S/C14H8F2N2O/c15-8-3-4-10(12(16)6-8)13(19)11-7-18-14-9(11)2-1-5-17-14/h1-7H,(H,17,18). The Morgan fingerprint density at radius 2 is 2.00 bits per heavy atom. The second-order valence-electron chi connectivity index (χ2n) is 4.06. The minimum Gasteiger partial charge on any atom is -0.345 e. The maximum absolute atomic E-state index is 13.6. The lowest BCUT2D eigenvalue weighted by atomic mass is 10.0. The molecule has 1 N–H and O–H groups in total. The molecule has 0 amide bonds. The van der Waals surface area contributed by atoms with Crippen molar-refractivity contribution in [1.29, 1.82) is 0 Å². The number of hydrogen-bond donors (Lipinski definition) is 1. The van der Waals surface area contributed by atoms with Crippen molar-refractivity contribution < 1.29 is 13.6 Å². The molecule has 0 radical (unpaired) electrons. The van der Waals surface area contributed by atoms with Crippen molar-refractivity contribution in [3.8, 4) is 0 Å². The molecule has 0 spiro atoms. The van der Waals surface area contributed by atoms with Crippen LogP contribution >= 0.6 is 0 Å². The van der Waals surface area contributed by atoms with Crippen LogP contribution in [0.3, 0.4) is 0 Å². The number of aromatic amines is 1. The Labute approximate surface area is 106 Å². The molecular weight excluding hydrogens is 250 g/mol. The van der Waals surface area contributed by atoms with E-state index >= 15 is 0 Å². The van der Waals surface area contributed by atoms with Gasteiger partial charge in [-0.15, -0.1) is 0 Å². The number of pyridine rings is 1. The fourth-order valence-corrected chi connectivity index (χ4v) is 1.96. The van der Waals surface area contributed by atoms with Crippen LogP contribution in [-0.2, 0) is 0 Å². The molecular formula is C14H8F2N2O. The molecule has 0 fully saturated rings. The second-order valence-corrected chi connectivity index (χ2v) is 4.06. The molecule has 0 aliphatic carbocycles. The summed E-state index contributed by atoms with van der Waals surface area (Å²) in [5.41, 5.74) is 0.702. The van der Waals surface area contributed by atoms with E-state index in [4.69, 9.17) is 0 Å². The molecule has 0 unspecified atom stereocenters. The lowest BCUT2D eigenvalue weighted by Crippen LogP contribution is -2.04. The van der Waals surface area contributed by atoms with Crippen LogP contribution in [0.15, 0.2) is 42.7 Å². The van der Waals surface area contributed by atoms with Crippen LogP contribution in [0.5, 0.6) is 0 Å². The fourth-order valence-electron chi connectivity index (χ4n) is 1.96. The van der Waals surface area contributed by atoms with E-state index < -0.39 is 17.4 Å². The summed E-state index contributed by atoms with van der Waals surface area (Å²) >= 11 is 0. The number of H-pyrrole nitrogens is 1. The fraction of sp³-hybridized carbons (Fsp3) is 0. The maximum atomic E-state index is 13.6. The number of rotatable bonds is 2. The Kier molecular flexibility index (Phi) is 2.59. The van der Waals surface area contributed by atoms with Gasteiger partial charge in [-0.1, -0.05) is 0 Å². The number of halogens is 2. The molecule has 0 atom stereocenters. The number of fused-ring (bicyclic) bond motifs is 1. The van der Waals surface area contributed by atoms with Gasteiger partial charge in [-0.25, -0.2) is 13.8 Å². The summed E-state index contributed by atoms with van der Waals surface area (Å²) in [4.78, 5) is 19.1. The molecule has 5 heteroatoms. The smallest absolute Gasteiger partial charge is 0.198 e. The monoisotopic (exact) mass is 258 g/mol. The third kappa shape index (κ3) is 1.89.